The van der Waals surface area contributed by atoms with E-state index in [0.29, 0.717) is 0 Å². The Morgan fingerprint density at radius 1 is 1.26 bits per heavy atom. The van der Waals surface area contributed by atoms with Crippen molar-refractivity contribution in [2.45, 2.75) is 32.1 Å². The van der Waals surface area contributed by atoms with Crippen LogP contribution in [0.1, 0.15) is 23.5 Å². The standard InChI is InChI=1S/C17H21N3O2S/c1-10-17(23-9-18-10)15(16(22)11(2)21)19-13-4-5-14-12(8-13)6-7-20(14)3/h4-9,11,15-16,19,21-22H,1-3H3/t11-,15-,16+/m0/s1. The molecule has 23 heavy (non-hydrogen) atoms. The fraction of sp³-hybridized carbons (Fsp3) is 0.353. The van der Waals surface area contributed by atoms with Gasteiger partial charge in [0.15, 0.2) is 0 Å². The Kier molecular flexibility index (Phi) is 4.39. The van der Waals surface area contributed by atoms with Gasteiger partial charge in [-0.15, -0.1) is 11.3 Å². The Bertz CT molecular complexity index is 809. The molecule has 0 saturated heterocycles. The van der Waals surface area contributed by atoms with Gasteiger partial charge in [-0.2, -0.15) is 0 Å². The summed E-state index contributed by atoms with van der Waals surface area (Å²) in [4.78, 5) is 5.19. The molecule has 3 atom stereocenters. The first-order chi connectivity index (χ1) is 11.0. The lowest BCUT2D eigenvalue weighted by molar-refractivity contribution is 0.0195. The van der Waals surface area contributed by atoms with Crippen molar-refractivity contribution in [3.63, 3.8) is 0 Å². The average Bonchev–Trinajstić information content (AvgIpc) is 3.10. The number of aliphatic hydroxyl groups is 2. The summed E-state index contributed by atoms with van der Waals surface area (Å²) in [6.07, 6.45) is 0.263. The molecule has 1 aromatic carbocycles. The van der Waals surface area contributed by atoms with Crippen molar-refractivity contribution in [3.8, 4) is 0 Å². The molecule has 0 aliphatic carbocycles. The smallest absolute Gasteiger partial charge is 0.105 e. The van der Waals surface area contributed by atoms with Crippen LogP contribution in [0.25, 0.3) is 10.9 Å². The van der Waals surface area contributed by atoms with Crippen molar-refractivity contribution >= 4 is 27.9 Å². The molecule has 5 nitrogen and oxygen atoms in total. The molecule has 6 heteroatoms. The number of fused-ring (bicyclic) bond motifs is 1. The number of aryl methyl sites for hydroxylation is 2. The van der Waals surface area contributed by atoms with Gasteiger partial charge in [0.05, 0.1) is 28.2 Å². The average molecular weight is 331 g/mol. The van der Waals surface area contributed by atoms with Gasteiger partial charge in [0.2, 0.25) is 0 Å². The highest BCUT2D eigenvalue weighted by atomic mass is 32.1. The fourth-order valence-corrected chi connectivity index (χ4v) is 3.64. The van der Waals surface area contributed by atoms with Crippen molar-refractivity contribution in [2.24, 2.45) is 7.05 Å². The molecule has 0 radical (unpaired) electrons. The number of rotatable bonds is 5. The Balaban J connectivity index is 1.94. The zero-order valence-corrected chi connectivity index (χ0v) is 14.2. The van der Waals surface area contributed by atoms with Crippen LogP contribution in [0.4, 0.5) is 5.69 Å². The minimum Gasteiger partial charge on any atom is -0.391 e. The van der Waals surface area contributed by atoms with Crippen molar-refractivity contribution in [2.75, 3.05) is 5.32 Å². The van der Waals surface area contributed by atoms with E-state index in [4.69, 9.17) is 0 Å². The van der Waals surface area contributed by atoms with Gasteiger partial charge in [0.25, 0.3) is 0 Å². The topological polar surface area (TPSA) is 70.3 Å². The van der Waals surface area contributed by atoms with E-state index in [1.165, 1.54) is 11.3 Å². The first kappa shape index (κ1) is 16.0. The fourth-order valence-electron chi connectivity index (χ4n) is 2.74. The highest BCUT2D eigenvalue weighted by Gasteiger charge is 2.28. The maximum Gasteiger partial charge on any atom is 0.105 e. The van der Waals surface area contributed by atoms with Gasteiger partial charge in [0, 0.05) is 29.8 Å². The van der Waals surface area contributed by atoms with Gasteiger partial charge in [0.1, 0.15) is 6.10 Å². The van der Waals surface area contributed by atoms with Gasteiger partial charge in [-0.1, -0.05) is 0 Å². The summed E-state index contributed by atoms with van der Waals surface area (Å²) in [6.45, 7) is 3.51. The van der Waals surface area contributed by atoms with Gasteiger partial charge in [-0.3, -0.25) is 0 Å². The third-order valence-electron chi connectivity index (χ3n) is 4.11. The molecule has 2 heterocycles. The number of thiazole rings is 1. The minimum atomic E-state index is -0.916. The molecule has 2 aromatic heterocycles. The molecule has 0 bridgehead atoms. The number of nitrogens with zero attached hydrogens (tertiary/aromatic N) is 2. The van der Waals surface area contributed by atoms with Crippen LogP contribution in [0.3, 0.4) is 0 Å². The lowest BCUT2D eigenvalue weighted by Gasteiger charge is -2.26. The number of anilines is 1. The predicted molar refractivity (Wildman–Crippen MR) is 93.8 cm³/mol. The third kappa shape index (κ3) is 3.10. The van der Waals surface area contributed by atoms with E-state index in [2.05, 4.69) is 20.9 Å². The zero-order chi connectivity index (χ0) is 16.6. The summed E-state index contributed by atoms with van der Waals surface area (Å²) >= 11 is 1.48. The summed E-state index contributed by atoms with van der Waals surface area (Å²) in [6, 6.07) is 7.74. The second-order valence-electron chi connectivity index (χ2n) is 5.86. The van der Waals surface area contributed by atoms with Crippen LogP contribution in [0.2, 0.25) is 0 Å². The van der Waals surface area contributed by atoms with Crippen molar-refractivity contribution in [1.82, 2.24) is 9.55 Å². The quantitative estimate of drug-likeness (QED) is 0.672. The van der Waals surface area contributed by atoms with E-state index in [1.54, 1.807) is 12.4 Å². The SMILES string of the molecule is Cc1ncsc1[C@@H](Nc1ccc2c(ccn2C)c1)[C@H](O)[C@H](C)O. The molecule has 122 valence electrons. The summed E-state index contributed by atoms with van der Waals surface area (Å²) in [5.74, 6) is 0. The van der Waals surface area contributed by atoms with Crippen LogP contribution in [0, 0.1) is 6.92 Å². The number of benzene rings is 1. The zero-order valence-electron chi connectivity index (χ0n) is 13.4. The number of hydrogen-bond donors (Lipinski definition) is 3. The molecule has 0 unspecified atom stereocenters. The minimum absolute atomic E-state index is 0.399. The number of aliphatic hydroxyl groups excluding tert-OH is 2. The number of nitrogens with one attached hydrogen (secondary N) is 1. The van der Waals surface area contributed by atoms with E-state index in [1.807, 2.05) is 38.4 Å². The number of aromatic nitrogens is 2. The van der Waals surface area contributed by atoms with Crippen LogP contribution in [-0.2, 0) is 7.05 Å². The lowest BCUT2D eigenvalue weighted by atomic mass is 10.0. The van der Waals surface area contributed by atoms with Crippen molar-refractivity contribution in [3.05, 3.63) is 46.5 Å². The molecular formula is C17H21N3O2S. The molecule has 0 fully saturated rings. The van der Waals surface area contributed by atoms with Crippen molar-refractivity contribution < 1.29 is 10.2 Å². The van der Waals surface area contributed by atoms with E-state index < -0.39 is 18.2 Å². The first-order valence-corrected chi connectivity index (χ1v) is 8.43. The van der Waals surface area contributed by atoms with Gasteiger partial charge >= 0.3 is 0 Å². The molecule has 0 aliphatic rings. The second-order valence-corrected chi connectivity index (χ2v) is 6.74. The number of hydrogen-bond acceptors (Lipinski definition) is 5. The van der Waals surface area contributed by atoms with Gasteiger partial charge < -0.3 is 20.1 Å². The summed E-state index contributed by atoms with van der Waals surface area (Å²) in [7, 11) is 2.01. The molecular weight excluding hydrogens is 310 g/mol. The molecule has 3 rings (SSSR count). The maximum atomic E-state index is 10.4. The molecule has 0 amide bonds. The molecule has 0 saturated carbocycles. The summed E-state index contributed by atoms with van der Waals surface area (Å²) in [5, 5.41) is 24.7. The van der Waals surface area contributed by atoms with E-state index in [9.17, 15) is 10.2 Å². The monoisotopic (exact) mass is 331 g/mol. The third-order valence-corrected chi connectivity index (χ3v) is 5.12. The molecule has 3 aromatic rings. The molecule has 3 N–H and O–H groups in total. The molecule has 0 spiro atoms. The normalized spacial score (nSPS) is 15.5. The van der Waals surface area contributed by atoms with Crippen LogP contribution in [0.5, 0.6) is 0 Å². The van der Waals surface area contributed by atoms with Crippen LogP contribution < -0.4 is 5.32 Å². The Labute approximate surface area is 139 Å². The predicted octanol–water partition coefficient (Wildman–Crippen LogP) is 2.84. The Morgan fingerprint density at radius 3 is 2.70 bits per heavy atom. The maximum absolute atomic E-state index is 10.4. The largest absolute Gasteiger partial charge is 0.391 e. The van der Waals surface area contributed by atoms with Crippen LogP contribution in [0.15, 0.2) is 36.0 Å². The van der Waals surface area contributed by atoms with Crippen LogP contribution in [-0.4, -0.2) is 32.0 Å². The highest BCUT2D eigenvalue weighted by molar-refractivity contribution is 7.09. The van der Waals surface area contributed by atoms with Gasteiger partial charge in [-0.25, -0.2) is 4.98 Å². The summed E-state index contributed by atoms with van der Waals surface area (Å²) in [5.41, 5.74) is 4.68. The van der Waals surface area contributed by atoms with Crippen molar-refractivity contribution in [1.29, 1.82) is 0 Å². The first-order valence-electron chi connectivity index (χ1n) is 7.55. The van der Waals surface area contributed by atoms with Gasteiger partial charge in [-0.05, 0) is 38.1 Å². The highest BCUT2D eigenvalue weighted by Crippen LogP contribution is 2.31. The molecule has 0 aliphatic heterocycles. The lowest BCUT2D eigenvalue weighted by Crippen LogP contribution is -2.34. The summed E-state index contributed by atoms with van der Waals surface area (Å²) < 4.78 is 2.06. The van der Waals surface area contributed by atoms with E-state index in [0.717, 1.165) is 27.2 Å². The Morgan fingerprint density at radius 2 is 2.04 bits per heavy atom. The Hall–Kier alpha value is -1.89. The second kappa shape index (κ2) is 6.31. The van der Waals surface area contributed by atoms with E-state index >= 15 is 0 Å². The van der Waals surface area contributed by atoms with E-state index in [-0.39, 0.29) is 0 Å². The van der Waals surface area contributed by atoms with Crippen LogP contribution >= 0.6 is 11.3 Å².